The Hall–Kier alpha value is -0.200. The molecule has 0 aromatic heterocycles. The lowest BCUT2D eigenvalue weighted by Crippen LogP contribution is -2.56. The first-order valence-electron chi connectivity index (χ1n) is 7.26. The van der Waals surface area contributed by atoms with Crippen LogP contribution in [-0.4, -0.2) is 50.7 Å². The second kappa shape index (κ2) is 5.54. The fourth-order valence-electron chi connectivity index (χ4n) is 2.38. The molecule has 0 atom stereocenters. The maximum atomic E-state index is 9.36. The molecule has 118 valence electrons. The van der Waals surface area contributed by atoms with Crippen LogP contribution in [-0.2, 0) is 18.9 Å². The van der Waals surface area contributed by atoms with Gasteiger partial charge in [0.15, 0.2) is 12.6 Å². The van der Waals surface area contributed by atoms with Gasteiger partial charge in [0.2, 0.25) is 0 Å². The summed E-state index contributed by atoms with van der Waals surface area (Å²) in [5, 5.41) is 9.36. The van der Waals surface area contributed by atoms with Crippen molar-refractivity contribution >= 4 is 0 Å². The van der Waals surface area contributed by atoms with Crippen molar-refractivity contribution in [2.24, 2.45) is 16.2 Å². The predicted octanol–water partition coefficient (Wildman–Crippen LogP) is 1.78. The minimum Gasteiger partial charge on any atom is -0.396 e. The van der Waals surface area contributed by atoms with E-state index in [1.165, 1.54) is 0 Å². The van der Waals surface area contributed by atoms with Crippen LogP contribution in [0.5, 0.6) is 0 Å². The summed E-state index contributed by atoms with van der Waals surface area (Å²) >= 11 is 0. The van der Waals surface area contributed by atoms with E-state index in [4.69, 9.17) is 18.9 Å². The summed E-state index contributed by atoms with van der Waals surface area (Å²) in [6.45, 7) is 12.4. The van der Waals surface area contributed by atoms with E-state index in [2.05, 4.69) is 20.8 Å². The van der Waals surface area contributed by atoms with Crippen LogP contribution in [0.4, 0.5) is 0 Å². The zero-order valence-electron chi connectivity index (χ0n) is 13.3. The first-order valence-corrected chi connectivity index (χ1v) is 7.26. The fraction of sp³-hybridized carbons (Fsp3) is 1.00. The molecule has 5 heteroatoms. The Morgan fingerprint density at radius 3 is 1.60 bits per heavy atom. The van der Waals surface area contributed by atoms with Gasteiger partial charge in [0.25, 0.3) is 0 Å². The third kappa shape index (κ3) is 3.34. The summed E-state index contributed by atoms with van der Waals surface area (Å²) in [6.07, 6.45) is -0.557. The van der Waals surface area contributed by atoms with Gasteiger partial charge in [0.1, 0.15) is 0 Å². The molecule has 5 nitrogen and oxygen atoms in total. The van der Waals surface area contributed by atoms with Crippen LogP contribution in [0.15, 0.2) is 0 Å². The molecule has 0 aliphatic carbocycles. The summed E-state index contributed by atoms with van der Waals surface area (Å²) < 4.78 is 23.3. The number of hydrogen-bond acceptors (Lipinski definition) is 5. The van der Waals surface area contributed by atoms with Crippen LogP contribution in [0.1, 0.15) is 34.6 Å². The Labute approximate surface area is 121 Å². The van der Waals surface area contributed by atoms with Crippen LogP contribution >= 0.6 is 0 Å². The molecule has 2 saturated heterocycles. The maximum Gasteiger partial charge on any atom is 0.164 e. The van der Waals surface area contributed by atoms with E-state index in [0.717, 1.165) is 0 Å². The van der Waals surface area contributed by atoms with Gasteiger partial charge < -0.3 is 24.1 Å². The van der Waals surface area contributed by atoms with E-state index < -0.39 is 5.41 Å². The number of hydrogen-bond donors (Lipinski definition) is 1. The van der Waals surface area contributed by atoms with Crippen LogP contribution < -0.4 is 0 Å². The highest BCUT2D eigenvalue weighted by Crippen LogP contribution is 2.37. The average molecular weight is 288 g/mol. The molecule has 0 unspecified atom stereocenters. The largest absolute Gasteiger partial charge is 0.396 e. The molecule has 2 aliphatic rings. The highest BCUT2D eigenvalue weighted by atomic mass is 16.7. The van der Waals surface area contributed by atoms with E-state index >= 15 is 0 Å². The minimum atomic E-state index is -0.397. The first kappa shape index (κ1) is 16.2. The Bertz CT molecular complexity index is 316. The third-order valence-electron chi connectivity index (χ3n) is 3.92. The number of ether oxygens (including phenoxy) is 4. The first-order chi connectivity index (χ1) is 9.19. The summed E-state index contributed by atoms with van der Waals surface area (Å²) in [4.78, 5) is 0. The Morgan fingerprint density at radius 2 is 1.25 bits per heavy atom. The van der Waals surface area contributed by atoms with Gasteiger partial charge in [-0.3, -0.25) is 0 Å². The predicted molar refractivity (Wildman–Crippen MR) is 74.1 cm³/mol. The topological polar surface area (TPSA) is 57.2 Å². The average Bonchev–Trinajstić information content (AvgIpc) is 2.39. The Balaban J connectivity index is 1.89. The molecule has 1 spiro atoms. The Kier molecular flexibility index (Phi) is 4.48. The molecule has 20 heavy (non-hydrogen) atoms. The number of rotatable bonds is 2. The third-order valence-corrected chi connectivity index (χ3v) is 3.92. The lowest BCUT2D eigenvalue weighted by Gasteiger charge is -2.48. The van der Waals surface area contributed by atoms with E-state index in [-0.39, 0.29) is 30.0 Å². The van der Waals surface area contributed by atoms with Gasteiger partial charge in [-0.1, -0.05) is 34.6 Å². The highest BCUT2D eigenvalue weighted by molar-refractivity contribution is 4.88. The van der Waals surface area contributed by atoms with Gasteiger partial charge in [-0.2, -0.15) is 0 Å². The highest BCUT2D eigenvalue weighted by Gasteiger charge is 2.46. The summed E-state index contributed by atoms with van der Waals surface area (Å²) in [5.41, 5.74) is -0.644. The van der Waals surface area contributed by atoms with Crippen molar-refractivity contribution in [1.82, 2.24) is 0 Å². The van der Waals surface area contributed by atoms with Gasteiger partial charge in [0.05, 0.1) is 38.4 Å². The van der Waals surface area contributed by atoms with Crippen molar-refractivity contribution in [1.29, 1.82) is 0 Å². The fourth-order valence-corrected chi connectivity index (χ4v) is 2.38. The molecular weight excluding hydrogens is 260 g/mol. The summed E-state index contributed by atoms with van der Waals surface area (Å²) in [7, 11) is 0. The Morgan fingerprint density at radius 1 is 0.850 bits per heavy atom. The summed E-state index contributed by atoms with van der Waals surface area (Å²) in [6, 6.07) is 0. The molecule has 2 fully saturated rings. The lowest BCUT2D eigenvalue weighted by atomic mass is 9.87. The SMILES string of the molecule is CC(C)(C)C1OCC2(CO1)COC(C(C)(C)CO)OC2. The van der Waals surface area contributed by atoms with Gasteiger partial charge in [-0.05, 0) is 0 Å². The lowest BCUT2D eigenvalue weighted by molar-refractivity contribution is -0.334. The quantitative estimate of drug-likeness (QED) is 0.839. The van der Waals surface area contributed by atoms with Crippen LogP contribution in [0.3, 0.4) is 0 Å². The zero-order valence-corrected chi connectivity index (χ0v) is 13.3. The van der Waals surface area contributed by atoms with E-state index in [9.17, 15) is 5.11 Å². The number of aliphatic hydroxyl groups excluding tert-OH is 1. The molecule has 0 amide bonds. The zero-order chi connectivity index (χ0) is 15.0. The van der Waals surface area contributed by atoms with Crippen molar-refractivity contribution in [3.8, 4) is 0 Å². The van der Waals surface area contributed by atoms with Crippen molar-refractivity contribution in [2.75, 3.05) is 33.0 Å². The molecule has 2 aliphatic heterocycles. The smallest absolute Gasteiger partial charge is 0.164 e. The summed E-state index contributed by atoms with van der Waals surface area (Å²) in [5.74, 6) is 0. The van der Waals surface area contributed by atoms with Crippen LogP contribution in [0, 0.1) is 16.2 Å². The van der Waals surface area contributed by atoms with E-state index in [0.29, 0.717) is 26.4 Å². The van der Waals surface area contributed by atoms with Crippen molar-refractivity contribution in [3.05, 3.63) is 0 Å². The molecule has 2 heterocycles. The van der Waals surface area contributed by atoms with Crippen molar-refractivity contribution < 1.29 is 24.1 Å². The van der Waals surface area contributed by atoms with E-state index in [1.807, 2.05) is 13.8 Å². The normalized spacial score (nSPS) is 36.3. The molecule has 0 aromatic carbocycles. The molecule has 0 saturated carbocycles. The second-order valence-corrected chi connectivity index (χ2v) is 7.92. The maximum absolute atomic E-state index is 9.36. The van der Waals surface area contributed by atoms with Crippen LogP contribution in [0.2, 0.25) is 0 Å². The molecule has 2 rings (SSSR count). The van der Waals surface area contributed by atoms with Crippen molar-refractivity contribution in [2.45, 2.75) is 47.2 Å². The van der Waals surface area contributed by atoms with E-state index in [1.54, 1.807) is 0 Å². The van der Waals surface area contributed by atoms with Crippen LogP contribution in [0.25, 0.3) is 0 Å². The second-order valence-electron chi connectivity index (χ2n) is 7.92. The minimum absolute atomic E-state index is 0.0284. The molecule has 0 aromatic rings. The van der Waals surface area contributed by atoms with Crippen molar-refractivity contribution in [3.63, 3.8) is 0 Å². The van der Waals surface area contributed by atoms with Gasteiger partial charge in [-0.25, -0.2) is 0 Å². The monoisotopic (exact) mass is 288 g/mol. The molecule has 0 radical (unpaired) electrons. The molecule has 1 N–H and O–H groups in total. The number of aliphatic hydroxyl groups is 1. The van der Waals surface area contributed by atoms with Gasteiger partial charge in [0, 0.05) is 10.8 Å². The molecular formula is C15H28O5. The van der Waals surface area contributed by atoms with Gasteiger partial charge in [-0.15, -0.1) is 0 Å². The van der Waals surface area contributed by atoms with Gasteiger partial charge >= 0.3 is 0 Å². The molecule has 0 bridgehead atoms. The standard InChI is InChI=1S/C15H28O5/c1-13(2,3)11-17-7-15(8-18-11)9-19-12(20-10-15)14(4,5)6-16/h11-12,16H,6-10H2,1-5H3.